The molecule has 0 saturated carbocycles. The van der Waals surface area contributed by atoms with Gasteiger partial charge in [0.1, 0.15) is 0 Å². The molecule has 1 fully saturated rings. The summed E-state index contributed by atoms with van der Waals surface area (Å²) in [6.07, 6.45) is 0.568. The predicted octanol–water partition coefficient (Wildman–Crippen LogP) is 2.54. The van der Waals surface area contributed by atoms with Crippen molar-refractivity contribution in [1.82, 2.24) is 5.32 Å². The number of rotatable bonds is 2. The zero-order chi connectivity index (χ0) is 13.2. The topological polar surface area (TPSA) is 55.1 Å². The Morgan fingerprint density at radius 3 is 2.58 bits per heavy atom. The standard InChI is InChI=1S/C16H16N2O/c17-15-7-6-12(13-9-16(19)18-10-13)8-14(15)11-4-2-1-3-5-11/h1-8,13H,9-10,17H2,(H,18,19)/t13-/m0/s1. The molecular formula is C16H16N2O. The molecule has 0 aliphatic carbocycles. The molecule has 0 spiro atoms. The van der Waals surface area contributed by atoms with Gasteiger partial charge >= 0.3 is 0 Å². The molecule has 2 aromatic rings. The zero-order valence-electron chi connectivity index (χ0n) is 10.6. The Hall–Kier alpha value is -2.29. The molecule has 3 nitrogen and oxygen atoms in total. The molecule has 19 heavy (non-hydrogen) atoms. The largest absolute Gasteiger partial charge is 0.398 e. The second-order valence-corrected chi connectivity index (χ2v) is 4.92. The molecule has 1 aliphatic rings. The summed E-state index contributed by atoms with van der Waals surface area (Å²) in [4.78, 5) is 11.3. The van der Waals surface area contributed by atoms with Crippen molar-refractivity contribution >= 4 is 11.6 Å². The van der Waals surface area contributed by atoms with Crippen LogP contribution in [-0.2, 0) is 4.79 Å². The van der Waals surface area contributed by atoms with Gasteiger partial charge in [0.05, 0.1) is 0 Å². The SMILES string of the molecule is Nc1ccc([C@@H]2CNC(=O)C2)cc1-c1ccccc1. The molecular weight excluding hydrogens is 236 g/mol. The zero-order valence-corrected chi connectivity index (χ0v) is 10.6. The highest BCUT2D eigenvalue weighted by Gasteiger charge is 2.23. The first-order chi connectivity index (χ1) is 9.24. The van der Waals surface area contributed by atoms with Crippen molar-refractivity contribution in [2.45, 2.75) is 12.3 Å². The summed E-state index contributed by atoms with van der Waals surface area (Å²) in [5.41, 5.74) is 10.2. The van der Waals surface area contributed by atoms with Crippen LogP contribution in [0, 0.1) is 0 Å². The van der Waals surface area contributed by atoms with Crippen molar-refractivity contribution in [3.05, 3.63) is 54.1 Å². The lowest BCUT2D eigenvalue weighted by molar-refractivity contribution is -0.119. The summed E-state index contributed by atoms with van der Waals surface area (Å²) >= 11 is 0. The lowest BCUT2D eigenvalue weighted by Crippen LogP contribution is -2.13. The minimum absolute atomic E-state index is 0.128. The van der Waals surface area contributed by atoms with Crippen LogP contribution >= 0.6 is 0 Å². The van der Waals surface area contributed by atoms with Crippen LogP contribution < -0.4 is 11.1 Å². The quantitative estimate of drug-likeness (QED) is 0.807. The third-order valence-corrected chi connectivity index (χ3v) is 3.61. The van der Waals surface area contributed by atoms with Gasteiger partial charge in [0, 0.05) is 30.1 Å². The molecule has 0 bridgehead atoms. The molecule has 3 N–H and O–H groups in total. The summed E-state index contributed by atoms with van der Waals surface area (Å²) in [7, 11) is 0. The number of anilines is 1. The van der Waals surface area contributed by atoms with E-state index in [0.717, 1.165) is 23.4 Å². The summed E-state index contributed by atoms with van der Waals surface area (Å²) in [6, 6.07) is 16.1. The van der Waals surface area contributed by atoms with Crippen LogP contribution in [0.1, 0.15) is 17.9 Å². The van der Waals surface area contributed by atoms with Gasteiger partial charge < -0.3 is 11.1 Å². The van der Waals surface area contributed by atoms with Gasteiger partial charge in [-0.1, -0.05) is 36.4 Å². The fraction of sp³-hybridized carbons (Fsp3) is 0.188. The third kappa shape index (κ3) is 2.32. The van der Waals surface area contributed by atoms with Crippen molar-refractivity contribution in [3.8, 4) is 11.1 Å². The fourth-order valence-corrected chi connectivity index (χ4v) is 2.54. The predicted molar refractivity (Wildman–Crippen MR) is 76.7 cm³/mol. The van der Waals surface area contributed by atoms with E-state index in [2.05, 4.69) is 11.4 Å². The smallest absolute Gasteiger partial charge is 0.220 e. The normalized spacial score (nSPS) is 18.3. The number of hydrogen-bond acceptors (Lipinski definition) is 2. The highest BCUT2D eigenvalue weighted by atomic mass is 16.1. The monoisotopic (exact) mass is 252 g/mol. The first-order valence-electron chi connectivity index (χ1n) is 6.45. The van der Waals surface area contributed by atoms with E-state index >= 15 is 0 Å². The molecule has 0 radical (unpaired) electrons. The Labute approximate surface area is 112 Å². The molecule has 0 unspecified atom stereocenters. The second-order valence-electron chi connectivity index (χ2n) is 4.92. The molecule has 96 valence electrons. The first kappa shape index (κ1) is 11.8. The minimum atomic E-state index is 0.128. The molecule has 1 saturated heterocycles. The van der Waals surface area contributed by atoms with E-state index in [1.165, 1.54) is 5.56 Å². The molecule has 3 rings (SSSR count). The number of carbonyl (C=O) groups is 1. The van der Waals surface area contributed by atoms with Crippen molar-refractivity contribution in [3.63, 3.8) is 0 Å². The Morgan fingerprint density at radius 2 is 1.89 bits per heavy atom. The minimum Gasteiger partial charge on any atom is -0.398 e. The molecule has 0 aromatic heterocycles. The van der Waals surface area contributed by atoms with Crippen molar-refractivity contribution < 1.29 is 4.79 Å². The van der Waals surface area contributed by atoms with Crippen LogP contribution in [0.15, 0.2) is 48.5 Å². The first-order valence-corrected chi connectivity index (χ1v) is 6.45. The Balaban J connectivity index is 1.99. The maximum atomic E-state index is 11.3. The van der Waals surface area contributed by atoms with Crippen LogP contribution in [0.5, 0.6) is 0 Å². The van der Waals surface area contributed by atoms with Crippen LogP contribution in [0.3, 0.4) is 0 Å². The van der Waals surface area contributed by atoms with Gasteiger partial charge in [0.15, 0.2) is 0 Å². The molecule has 3 heteroatoms. The van der Waals surface area contributed by atoms with Gasteiger partial charge in [-0.25, -0.2) is 0 Å². The Morgan fingerprint density at radius 1 is 1.11 bits per heavy atom. The molecule has 1 amide bonds. The summed E-state index contributed by atoms with van der Waals surface area (Å²) < 4.78 is 0. The Kier molecular flexibility index (Phi) is 2.95. The van der Waals surface area contributed by atoms with E-state index in [0.29, 0.717) is 6.42 Å². The average Bonchev–Trinajstić information content (AvgIpc) is 2.87. The molecule has 1 heterocycles. The fourth-order valence-electron chi connectivity index (χ4n) is 2.54. The number of carbonyl (C=O) groups excluding carboxylic acids is 1. The van der Waals surface area contributed by atoms with E-state index in [-0.39, 0.29) is 11.8 Å². The highest BCUT2D eigenvalue weighted by molar-refractivity contribution is 5.81. The van der Waals surface area contributed by atoms with E-state index < -0.39 is 0 Å². The Bertz CT molecular complexity index is 607. The second kappa shape index (κ2) is 4.76. The van der Waals surface area contributed by atoms with Crippen molar-refractivity contribution in [2.24, 2.45) is 0 Å². The van der Waals surface area contributed by atoms with Crippen LogP contribution in [0.4, 0.5) is 5.69 Å². The lowest BCUT2D eigenvalue weighted by Gasteiger charge is -2.12. The summed E-state index contributed by atoms with van der Waals surface area (Å²) in [5, 5.41) is 2.87. The average molecular weight is 252 g/mol. The number of hydrogen-bond donors (Lipinski definition) is 2. The van der Waals surface area contributed by atoms with Gasteiger partial charge in [0.25, 0.3) is 0 Å². The van der Waals surface area contributed by atoms with E-state index in [9.17, 15) is 4.79 Å². The van der Waals surface area contributed by atoms with Gasteiger partial charge in [-0.15, -0.1) is 0 Å². The third-order valence-electron chi connectivity index (χ3n) is 3.61. The summed E-state index contributed by atoms with van der Waals surface area (Å²) in [6.45, 7) is 0.719. The van der Waals surface area contributed by atoms with Crippen LogP contribution in [-0.4, -0.2) is 12.5 Å². The number of amides is 1. The number of nitrogens with one attached hydrogen (secondary N) is 1. The molecule has 1 aliphatic heterocycles. The maximum absolute atomic E-state index is 11.3. The number of nitrogens with two attached hydrogens (primary N) is 1. The number of nitrogen functional groups attached to an aromatic ring is 1. The van der Waals surface area contributed by atoms with Gasteiger partial charge in [0.2, 0.25) is 5.91 Å². The summed E-state index contributed by atoms with van der Waals surface area (Å²) in [5.74, 6) is 0.388. The van der Waals surface area contributed by atoms with Crippen molar-refractivity contribution in [2.75, 3.05) is 12.3 Å². The van der Waals surface area contributed by atoms with Gasteiger partial charge in [-0.2, -0.15) is 0 Å². The van der Waals surface area contributed by atoms with Gasteiger partial charge in [-0.05, 0) is 23.3 Å². The molecule has 2 aromatic carbocycles. The van der Waals surface area contributed by atoms with E-state index in [1.807, 2.05) is 42.5 Å². The molecule has 1 atom stereocenters. The van der Waals surface area contributed by atoms with Crippen LogP contribution in [0.2, 0.25) is 0 Å². The van der Waals surface area contributed by atoms with E-state index in [1.54, 1.807) is 0 Å². The highest BCUT2D eigenvalue weighted by Crippen LogP contribution is 2.31. The van der Waals surface area contributed by atoms with E-state index in [4.69, 9.17) is 5.73 Å². The lowest BCUT2D eigenvalue weighted by atomic mass is 9.93. The van der Waals surface area contributed by atoms with Gasteiger partial charge in [-0.3, -0.25) is 4.79 Å². The maximum Gasteiger partial charge on any atom is 0.220 e. The number of benzene rings is 2. The van der Waals surface area contributed by atoms with Crippen molar-refractivity contribution in [1.29, 1.82) is 0 Å². The van der Waals surface area contributed by atoms with Crippen LogP contribution in [0.25, 0.3) is 11.1 Å².